The molecule has 3 nitrogen and oxygen atoms in total. The molecule has 0 atom stereocenters. The van der Waals surface area contributed by atoms with Gasteiger partial charge in [-0.05, 0) is 26.4 Å². The highest BCUT2D eigenvalue weighted by molar-refractivity contribution is 5.75. The molecule has 3 heteroatoms. The van der Waals surface area contributed by atoms with Crippen LogP contribution in [0.2, 0.25) is 0 Å². The van der Waals surface area contributed by atoms with E-state index in [2.05, 4.69) is 17.6 Å². The number of hydrogen-bond acceptors (Lipinski definition) is 2. The second kappa shape index (κ2) is 17.5. The van der Waals surface area contributed by atoms with Crippen LogP contribution in [0.3, 0.4) is 0 Å². The average Bonchev–Trinajstić information content (AvgIpc) is 2.49. The summed E-state index contributed by atoms with van der Waals surface area (Å²) >= 11 is 0. The summed E-state index contributed by atoms with van der Waals surface area (Å²) in [5.41, 5.74) is 0. The van der Waals surface area contributed by atoms with Crippen LogP contribution in [0.4, 0.5) is 0 Å². The van der Waals surface area contributed by atoms with Crippen molar-refractivity contribution in [3.63, 3.8) is 0 Å². The van der Waals surface area contributed by atoms with E-state index < -0.39 is 0 Å². The number of amides is 1. The fourth-order valence-corrected chi connectivity index (χ4v) is 2.53. The van der Waals surface area contributed by atoms with E-state index in [4.69, 9.17) is 0 Å². The smallest absolute Gasteiger partial charge is 0.219 e. The van der Waals surface area contributed by atoms with Crippen molar-refractivity contribution in [2.45, 2.75) is 90.4 Å². The SMILES string of the molecule is CCCCCCCCCCCCCC(=O)NCCCNC. The summed E-state index contributed by atoms with van der Waals surface area (Å²) < 4.78 is 0. The van der Waals surface area contributed by atoms with Crippen LogP contribution in [0.25, 0.3) is 0 Å². The topological polar surface area (TPSA) is 41.1 Å². The second-order valence-corrected chi connectivity index (χ2v) is 6.09. The Morgan fingerprint density at radius 1 is 0.714 bits per heavy atom. The van der Waals surface area contributed by atoms with Gasteiger partial charge in [0.2, 0.25) is 5.91 Å². The highest BCUT2D eigenvalue weighted by Crippen LogP contribution is 2.11. The highest BCUT2D eigenvalue weighted by atomic mass is 16.1. The van der Waals surface area contributed by atoms with E-state index in [0.717, 1.165) is 25.9 Å². The minimum atomic E-state index is 0.224. The maximum absolute atomic E-state index is 11.5. The second-order valence-electron chi connectivity index (χ2n) is 6.09. The standard InChI is InChI=1S/C18H38N2O/c1-3-4-5-6-7-8-9-10-11-12-13-15-18(21)20-17-14-16-19-2/h19H,3-17H2,1-2H3,(H,20,21). The van der Waals surface area contributed by atoms with Gasteiger partial charge in [-0.25, -0.2) is 0 Å². The van der Waals surface area contributed by atoms with Crippen LogP contribution in [-0.4, -0.2) is 26.0 Å². The van der Waals surface area contributed by atoms with E-state index in [9.17, 15) is 4.79 Å². The van der Waals surface area contributed by atoms with Gasteiger partial charge in [-0.15, -0.1) is 0 Å². The molecule has 0 radical (unpaired) electrons. The summed E-state index contributed by atoms with van der Waals surface area (Å²) in [5, 5.41) is 6.05. The van der Waals surface area contributed by atoms with Crippen LogP contribution in [0.15, 0.2) is 0 Å². The molecular formula is C18H38N2O. The van der Waals surface area contributed by atoms with Crippen molar-refractivity contribution in [1.29, 1.82) is 0 Å². The normalized spacial score (nSPS) is 10.8. The molecule has 0 unspecified atom stereocenters. The van der Waals surface area contributed by atoms with Gasteiger partial charge in [-0.1, -0.05) is 71.1 Å². The van der Waals surface area contributed by atoms with Crippen LogP contribution in [-0.2, 0) is 4.79 Å². The first kappa shape index (κ1) is 20.4. The summed E-state index contributed by atoms with van der Waals surface area (Å²) in [6.07, 6.45) is 16.4. The summed E-state index contributed by atoms with van der Waals surface area (Å²) in [6, 6.07) is 0. The van der Waals surface area contributed by atoms with Crippen molar-refractivity contribution in [1.82, 2.24) is 10.6 Å². The molecule has 126 valence electrons. The van der Waals surface area contributed by atoms with Crippen LogP contribution in [0.5, 0.6) is 0 Å². The van der Waals surface area contributed by atoms with E-state index in [1.807, 2.05) is 7.05 Å². The molecule has 0 aliphatic carbocycles. The van der Waals surface area contributed by atoms with Gasteiger partial charge in [0.25, 0.3) is 0 Å². The molecule has 0 bridgehead atoms. The molecule has 1 amide bonds. The fraction of sp³-hybridized carbons (Fsp3) is 0.944. The van der Waals surface area contributed by atoms with Gasteiger partial charge in [0, 0.05) is 13.0 Å². The maximum atomic E-state index is 11.5. The molecule has 0 fully saturated rings. The number of nitrogens with one attached hydrogen (secondary N) is 2. The van der Waals surface area contributed by atoms with Crippen molar-refractivity contribution in [2.75, 3.05) is 20.1 Å². The van der Waals surface area contributed by atoms with Gasteiger partial charge in [0.05, 0.1) is 0 Å². The van der Waals surface area contributed by atoms with Crippen molar-refractivity contribution in [3.8, 4) is 0 Å². The third-order valence-electron chi connectivity index (χ3n) is 3.93. The molecule has 0 aromatic heterocycles. The first-order valence-electron chi connectivity index (χ1n) is 9.22. The zero-order chi connectivity index (χ0) is 15.6. The van der Waals surface area contributed by atoms with Crippen molar-refractivity contribution in [3.05, 3.63) is 0 Å². The number of rotatable bonds is 16. The Morgan fingerprint density at radius 2 is 1.24 bits per heavy atom. The summed E-state index contributed by atoms with van der Waals surface area (Å²) in [7, 11) is 1.94. The number of carbonyl (C=O) groups is 1. The first-order valence-corrected chi connectivity index (χ1v) is 9.22. The molecule has 0 aromatic rings. The summed E-state index contributed by atoms with van der Waals surface area (Å²) in [6.45, 7) is 4.04. The minimum Gasteiger partial charge on any atom is -0.356 e. The average molecular weight is 299 g/mol. The summed E-state index contributed by atoms with van der Waals surface area (Å²) in [4.78, 5) is 11.5. The Hall–Kier alpha value is -0.570. The molecule has 2 N–H and O–H groups in total. The Kier molecular flexibility index (Phi) is 17.0. The summed E-state index contributed by atoms with van der Waals surface area (Å²) in [5.74, 6) is 0.224. The van der Waals surface area contributed by atoms with Gasteiger partial charge in [-0.2, -0.15) is 0 Å². The van der Waals surface area contributed by atoms with Crippen LogP contribution in [0, 0.1) is 0 Å². The zero-order valence-corrected chi connectivity index (χ0v) is 14.5. The van der Waals surface area contributed by atoms with Crippen molar-refractivity contribution < 1.29 is 4.79 Å². The predicted molar refractivity (Wildman–Crippen MR) is 92.6 cm³/mol. The molecule has 0 saturated heterocycles. The molecule has 0 aliphatic heterocycles. The molecule has 21 heavy (non-hydrogen) atoms. The van der Waals surface area contributed by atoms with E-state index in [1.165, 1.54) is 64.2 Å². The third-order valence-corrected chi connectivity index (χ3v) is 3.93. The first-order chi connectivity index (χ1) is 10.3. The van der Waals surface area contributed by atoms with Gasteiger partial charge >= 0.3 is 0 Å². The molecule has 0 spiro atoms. The molecule has 0 aromatic carbocycles. The fourth-order valence-electron chi connectivity index (χ4n) is 2.53. The zero-order valence-electron chi connectivity index (χ0n) is 14.5. The van der Waals surface area contributed by atoms with E-state index in [0.29, 0.717) is 6.42 Å². The quantitative estimate of drug-likeness (QED) is 0.414. The largest absolute Gasteiger partial charge is 0.356 e. The van der Waals surface area contributed by atoms with Crippen molar-refractivity contribution in [2.24, 2.45) is 0 Å². The Bertz CT molecular complexity index is 219. The Labute approximate surface area is 132 Å². The lowest BCUT2D eigenvalue weighted by Crippen LogP contribution is -2.26. The minimum absolute atomic E-state index is 0.224. The monoisotopic (exact) mass is 298 g/mol. The number of carbonyl (C=O) groups excluding carboxylic acids is 1. The van der Waals surface area contributed by atoms with E-state index >= 15 is 0 Å². The lowest BCUT2D eigenvalue weighted by Gasteiger charge is -2.05. The molecule has 0 rings (SSSR count). The Morgan fingerprint density at radius 3 is 1.76 bits per heavy atom. The van der Waals surface area contributed by atoms with Crippen LogP contribution < -0.4 is 10.6 Å². The van der Waals surface area contributed by atoms with Gasteiger partial charge in [0.15, 0.2) is 0 Å². The van der Waals surface area contributed by atoms with Gasteiger partial charge in [-0.3, -0.25) is 4.79 Å². The van der Waals surface area contributed by atoms with Crippen LogP contribution in [0.1, 0.15) is 90.4 Å². The van der Waals surface area contributed by atoms with E-state index in [1.54, 1.807) is 0 Å². The van der Waals surface area contributed by atoms with Crippen LogP contribution >= 0.6 is 0 Å². The highest BCUT2D eigenvalue weighted by Gasteiger charge is 2.00. The van der Waals surface area contributed by atoms with Gasteiger partial charge in [0.1, 0.15) is 0 Å². The van der Waals surface area contributed by atoms with Gasteiger partial charge < -0.3 is 10.6 Å². The Balaban J connectivity index is 3.09. The lowest BCUT2D eigenvalue weighted by molar-refractivity contribution is -0.121. The molecular weight excluding hydrogens is 260 g/mol. The maximum Gasteiger partial charge on any atom is 0.219 e. The third kappa shape index (κ3) is 17.4. The molecule has 0 saturated carbocycles. The number of hydrogen-bond donors (Lipinski definition) is 2. The molecule has 0 aliphatic rings. The van der Waals surface area contributed by atoms with Crippen molar-refractivity contribution >= 4 is 5.91 Å². The van der Waals surface area contributed by atoms with E-state index in [-0.39, 0.29) is 5.91 Å². The number of unbranched alkanes of at least 4 members (excludes halogenated alkanes) is 10. The predicted octanol–water partition coefficient (Wildman–Crippen LogP) is 4.41. The molecule has 0 heterocycles. The lowest BCUT2D eigenvalue weighted by atomic mass is 10.1.